The number of carbonyl (C=O) groups excluding carboxylic acids is 1. The average molecular weight is 280 g/mol. The molecule has 0 spiro atoms. The lowest BCUT2D eigenvalue weighted by molar-refractivity contribution is -0.115. The molecule has 1 unspecified atom stereocenters. The highest BCUT2D eigenvalue weighted by Gasteiger charge is 2.29. The lowest BCUT2D eigenvalue weighted by Gasteiger charge is -2.23. The number of benzene rings is 2. The zero-order valence-corrected chi connectivity index (χ0v) is 11.4. The number of amides is 1. The molecule has 2 aromatic carbocycles. The number of para-hydroxylation sites is 2. The third-order valence-electron chi connectivity index (χ3n) is 3.53. The molecule has 0 aliphatic carbocycles. The number of fused-ring (bicyclic) bond motifs is 2. The SMILES string of the molecule is O=C1Nc2ccccc2SC1c1c[nH]c2ccccc12. The van der Waals surface area contributed by atoms with Gasteiger partial charge in [0.15, 0.2) is 0 Å². The Morgan fingerprint density at radius 3 is 2.75 bits per heavy atom. The highest BCUT2D eigenvalue weighted by Crippen LogP contribution is 2.45. The second-order valence-electron chi connectivity index (χ2n) is 4.77. The van der Waals surface area contributed by atoms with Gasteiger partial charge in [-0.05, 0) is 18.2 Å². The second kappa shape index (κ2) is 4.42. The molecule has 0 radical (unpaired) electrons. The predicted molar refractivity (Wildman–Crippen MR) is 82.0 cm³/mol. The number of rotatable bonds is 1. The topological polar surface area (TPSA) is 44.9 Å². The molecular formula is C16H12N2OS. The summed E-state index contributed by atoms with van der Waals surface area (Å²) in [5, 5.41) is 3.89. The summed E-state index contributed by atoms with van der Waals surface area (Å²) >= 11 is 1.61. The van der Waals surface area contributed by atoms with Crippen LogP contribution in [0.5, 0.6) is 0 Å². The summed E-state index contributed by atoms with van der Waals surface area (Å²) in [6.45, 7) is 0. The van der Waals surface area contributed by atoms with E-state index in [9.17, 15) is 4.79 Å². The average Bonchev–Trinajstić information content (AvgIpc) is 2.90. The summed E-state index contributed by atoms with van der Waals surface area (Å²) < 4.78 is 0. The van der Waals surface area contributed by atoms with E-state index in [4.69, 9.17) is 0 Å². The third kappa shape index (κ3) is 1.72. The van der Waals surface area contributed by atoms with E-state index in [1.54, 1.807) is 11.8 Å². The molecule has 0 fully saturated rings. The molecule has 0 saturated carbocycles. The number of hydrogen-bond donors (Lipinski definition) is 2. The maximum absolute atomic E-state index is 12.4. The van der Waals surface area contributed by atoms with E-state index in [1.807, 2.05) is 48.7 Å². The molecule has 1 aromatic heterocycles. The van der Waals surface area contributed by atoms with Crippen LogP contribution in [0, 0.1) is 0 Å². The standard InChI is InChI=1S/C16H12N2OS/c19-16-15(20-14-8-4-3-7-13(14)18-16)11-9-17-12-6-2-1-5-10(11)12/h1-9,15,17H,(H,18,19). The fourth-order valence-corrected chi connectivity index (χ4v) is 3.71. The van der Waals surface area contributed by atoms with Gasteiger partial charge in [0.2, 0.25) is 5.91 Å². The van der Waals surface area contributed by atoms with Crippen LogP contribution in [0.2, 0.25) is 0 Å². The molecule has 1 aliphatic heterocycles. The number of aromatic nitrogens is 1. The van der Waals surface area contributed by atoms with E-state index in [-0.39, 0.29) is 11.2 Å². The molecule has 3 nitrogen and oxygen atoms in total. The summed E-state index contributed by atoms with van der Waals surface area (Å²) in [6.07, 6.45) is 1.94. The minimum absolute atomic E-state index is 0.0402. The van der Waals surface area contributed by atoms with Gasteiger partial charge in [-0.2, -0.15) is 0 Å². The maximum Gasteiger partial charge on any atom is 0.242 e. The van der Waals surface area contributed by atoms with Gasteiger partial charge < -0.3 is 10.3 Å². The van der Waals surface area contributed by atoms with Crippen molar-refractivity contribution in [2.45, 2.75) is 10.1 Å². The quantitative estimate of drug-likeness (QED) is 0.709. The molecule has 1 amide bonds. The van der Waals surface area contributed by atoms with Crippen molar-refractivity contribution in [3.8, 4) is 0 Å². The monoisotopic (exact) mass is 280 g/mol. The largest absolute Gasteiger partial charge is 0.361 e. The van der Waals surface area contributed by atoms with Crippen molar-refractivity contribution >= 4 is 34.3 Å². The van der Waals surface area contributed by atoms with Gasteiger partial charge in [-0.1, -0.05) is 30.3 Å². The summed E-state index contributed by atoms with van der Waals surface area (Å²) in [7, 11) is 0. The van der Waals surface area contributed by atoms with Gasteiger partial charge in [0, 0.05) is 27.6 Å². The maximum atomic E-state index is 12.4. The first-order chi connectivity index (χ1) is 9.83. The molecule has 2 N–H and O–H groups in total. The first-order valence-electron chi connectivity index (χ1n) is 6.45. The molecule has 3 aromatic rings. The zero-order chi connectivity index (χ0) is 13.5. The van der Waals surface area contributed by atoms with Crippen molar-refractivity contribution < 1.29 is 4.79 Å². The Morgan fingerprint density at radius 1 is 1.00 bits per heavy atom. The summed E-state index contributed by atoms with van der Waals surface area (Å²) in [5.74, 6) is 0.0402. The number of nitrogens with one attached hydrogen (secondary N) is 2. The summed E-state index contributed by atoms with van der Waals surface area (Å²) in [4.78, 5) is 16.7. The van der Waals surface area contributed by atoms with Crippen LogP contribution >= 0.6 is 11.8 Å². The van der Waals surface area contributed by atoms with Crippen molar-refractivity contribution in [1.29, 1.82) is 0 Å². The smallest absolute Gasteiger partial charge is 0.242 e. The first kappa shape index (κ1) is 11.6. The van der Waals surface area contributed by atoms with Gasteiger partial charge in [-0.3, -0.25) is 4.79 Å². The van der Waals surface area contributed by atoms with Gasteiger partial charge in [0.1, 0.15) is 5.25 Å². The molecule has 4 heteroatoms. The van der Waals surface area contributed by atoms with E-state index in [0.717, 1.165) is 27.0 Å². The minimum atomic E-state index is -0.207. The first-order valence-corrected chi connectivity index (χ1v) is 7.33. The number of carbonyl (C=O) groups is 1. The van der Waals surface area contributed by atoms with Crippen LogP contribution in [-0.2, 0) is 4.79 Å². The lowest BCUT2D eigenvalue weighted by atomic mass is 10.1. The Labute approximate surface area is 120 Å². The van der Waals surface area contributed by atoms with E-state index < -0.39 is 0 Å². The van der Waals surface area contributed by atoms with Crippen molar-refractivity contribution in [2.24, 2.45) is 0 Å². The molecule has 1 atom stereocenters. The Balaban J connectivity index is 1.81. The molecule has 0 saturated heterocycles. The van der Waals surface area contributed by atoms with Gasteiger partial charge in [-0.25, -0.2) is 0 Å². The van der Waals surface area contributed by atoms with Crippen molar-refractivity contribution in [1.82, 2.24) is 4.98 Å². The minimum Gasteiger partial charge on any atom is -0.361 e. The van der Waals surface area contributed by atoms with Gasteiger partial charge in [-0.15, -0.1) is 11.8 Å². The predicted octanol–water partition coefficient (Wildman–Crippen LogP) is 3.95. The normalized spacial score (nSPS) is 17.8. The van der Waals surface area contributed by atoms with Gasteiger partial charge in [0.25, 0.3) is 0 Å². The van der Waals surface area contributed by atoms with Crippen LogP contribution in [0.3, 0.4) is 0 Å². The molecule has 2 heterocycles. The number of hydrogen-bond acceptors (Lipinski definition) is 2. The molecule has 4 rings (SSSR count). The highest BCUT2D eigenvalue weighted by molar-refractivity contribution is 8.00. The van der Waals surface area contributed by atoms with Crippen LogP contribution < -0.4 is 5.32 Å². The summed E-state index contributed by atoms with van der Waals surface area (Å²) in [5.41, 5.74) is 3.01. The summed E-state index contributed by atoms with van der Waals surface area (Å²) in [6, 6.07) is 16.0. The number of thioether (sulfide) groups is 1. The second-order valence-corrected chi connectivity index (χ2v) is 5.92. The fraction of sp³-hybridized carbons (Fsp3) is 0.0625. The van der Waals surface area contributed by atoms with E-state index in [0.29, 0.717) is 0 Å². The van der Waals surface area contributed by atoms with E-state index in [2.05, 4.69) is 16.4 Å². The Bertz CT molecular complexity index is 809. The van der Waals surface area contributed by atoms with Crippen LogP contribution in [0.1, 0.15) is 10.8 Å². The molecular weight excluding hydrogens is 268 g/mol. The lowest BCUT2D eigenvalue weighted by Crippen LogP contribution is -2.22. The van der Waals surface area contributed by atoms with Crippen LogP contribution in [0.4, 0.5) is 5.69 Å². The Kier molecular flexibility index (Phi) is 2.57. The zero-order valence-electron chi connectivity index (χ0n) is 10.6. The van der Waals surface area contributed by atoms with Crippen LogP contribution in [0.25, 0.3) is 10.9 Å². The van der Waals surface area contributed by atoms with E-state index in [1.165, 1.54) is 0 Å². The van der Waals surface area contributed by atoms with Gasteiger partial charge in [0.05, 0.1) is 5.69 Å². The molecule has 20 heavy (non-hydrogen) atoms. The Morgan fingerprint density at radius 2 is 1.80 bits per heavy atom. The van der Waals surface area contributed by atoms with Crippen molar-refractivity contribution in [2.75, 3.05) is 5.32 Å². The number of H-pyrrole nitrogens is 1. The van der Waals surface area contributed by atoms with Gasteiger partial charge >= 0.3 is 0 Å². The molecule has 98 valence electrons. The fourth-order valence-electron chi connectivity index (χ4n) is 2.57. The third-order valence-corrected chi connectivity index (χ3v) is 4.85. The van der Waals surface area contributed by atoms with Crippen LogP contribution in [-0.4, -0.2) is 10.9 Å². The number of aromatic amines is 1. The van der Waals surface area contributed by atoms with E-state index >= 15 is 0 Å². The van der Waals surface area contributed by atoms with Crippen molar-refractivity contribution in [3.63, 3.8) is 0 Å². The highest BCUT2D eigenvalue weighted by atomic mass is 32.2. The number of anilines is 1. The Hall–Kier alpha value is -2.20. The molecule has 0 bridgehead atoms. The molecule has 1 aliphatic rings. The van der Waals surface area contributed by atoms with Crippen LogP contribution in [0.15, 0.2) is 59.6 Å². The van der Waals surface area contributed by atoms with Crippen molar-refractivity contribution in [3.05, 3.63) is 60.3 Å².